The van der Waals surface area contributed by atoms with E-state index in [1.165, 1.54) is 6.07 Å². The molecule has 21 heavy (non-hydrogen) atoms. The summed E-state index contributed by atoms with van der Waals surface area (Å²) < 4.78 is 0. The van der Waals surface area contributed by atoms with Gasteiger partial charge in [-0.25, -0.2) is 0 Å². The van der Waals surface area contributed by atoms with Gasteiger partial charge < -0.3 is 20.6 Å². The van der Waals surface area contributed by atoms with E-state index in [4.69, 9.17) is 0 Å². The fourth-order valence-electron chi connectivity index (χ4n) is 1.63. The lowest BCUT2D eigenvalue weighted by atomic mass is 10.1. The Morgan fingerprint density at radius 1 is 1.05 bits per heavy atom. The molecule has 0 radical (unpaired) electrons. The molecule has 0 aromatic heterocycles. The first kappa shape index (κ1) is 14.1. The predicted octanol–water partition coefficient (Wildman–Crippen LogP) is 1.96. The molecule has 0 heterocycles. The lowest BCUT2D eigenvalue weighted by molar-refractivity contribution is -0.384. The molecule has 0 aliphatic heterocycles. The molecule has 0 spiro atoms. The van der Waals surface area contributed by atoms with Crippen LogP contribution in [0.25, 0.3) is 0 Å². The lowest BCUT2D eigenvalue weighted by Crippen LogP contribution is -2.12. The Morgan fingerprint density at radius 2 is 1.76 bits per heavy atom. The Bertz CT molecular complexity index is 729. The van der Waals surface area contributed by atoms with Crippen LogP contribution in [-0.4, -0.2) is 26.2 Å². The van der Waals surface area contributed by atoms with Crippen LogP contribution >= 0.6 is 0 Å². The quantitative estimate of drug-likeness (QED) is 0.295. The van der Waals surface area contributed by atoms with E-state index in [1.54, 1.807) is 0 Å². The van der Waals surface area contributed by atoms with Gasteiger partial charge in [-0.05, 0) is 24.3 Å². The molecule has 2 aromatic carbocycles. The van der Waals surface area contributed by atoms with Crippen LogP contribution in [0.3, 0.4) is 0 Å². The van der Waals surface area contributed by atoms with Crippen LogP contribution in [-0.2, 0) is 0 Å². The smallest absolute Gasteiger partial charge is 0.273 e. The fourth-order valence-corrected chi connectivity index (χ4v) is 1.63. The summed E-state index contributed by atoms with van der Waals surface area (Å²) in [6.07, 6.45) is 0. The number of nitro groups is 1. The van der Waals surface area contributed by atoms with Crippen molar-refractivity contribution in [3.8, 4) is 17.2 Å². The van der Waals surface area contributed by atoms with Crippen molar-refractivity contribution in [2.45, 2.75) is 0 Å². The third kappa shape index (κ3) is 3.00. The average Bonchev–Trinajstić information content (AvgIpc) is 2.43. The molecule has 8 heteroatoms. The minimum atomic E-state index is -0.785. The average molecular weight is 290 g/mol. The van der Waals surface area contributed by atoms with Crippen LogP contribution in [0.15, 0.2) is 36.4 Å². The number of aromatic hydroxyl groups is 3. The largest absolute Gasteiger partial charge is 0.508 e. The molecular weight excluding hydrogens is 280 g/mol. The molecule has 4 N–H and O–H groups in total. The van der Waals surface area contributed by atoms with E-state index in [-0.39, 0.29) is 28.4 Å². The van der Waals surface area contributed by atoms with Gasteiger partial charge >= 0.3 is 0 Å². The normalized spacial score (nSPS) is 10.1. The molecular formula is C13H10N2O6. The minimum absolute atomic E-state index is 0.0617. The van der Waals surface area contributed by atoms with Crippen molar-refractivity contribution in [2.75, 3.05) is 5.32 Å². The van der Waals surface area contributed by atoms with Gasteiger partial charge in [-0.1, -0.05) is 0 Å². The van der Waals surface area contributed by atoms with Gasteiger partial charge in [0, 0.05) is 6.07 Å². The first-order chi connectivity index (χ1) is 9.88. The number of carbonyl (C=O) groups is 1. The molecule has 0 aliphatic rings. The zero-order valence-electron chi connectivity index (χ0n) is 10.5. The zero-order chi connectivity index (χ0) is 15.6. The van der Waals surface area contributed by atoms with E-state index < -0.39 is 16.6 Å². The van der Waals surface area contributed by atoms with Gasteiger partial charge in [0.25, 0.3) is 11.6 Å². The van der Waals surface area contributed by atoms with E-state index in [9.17, 15) is 30.2 Å². The van der Waals surface area contributed by atoms with Crippen molar-refractivity contribution in [1.82, 2.24) is 0 Å². The molecule has 0 unspecified atom stereocenters. The number of hydrogen-bond acceptors (Lipinski definition) is 6. The maximum atomic E-state index is 11.9. The highest BCUT2D eigenvalue weighted by Crippen LogP contribution is 2.29. The molecule has 0 aliphatic carbocycles. The van der Waals surface area contributed by atoms with E-state index in [0.29, 0.717) is 0 Å². The summed E-state index contributed by atoms with van der Waals surface area (Å²) in [5.41, 5.74) is -0.591. The number of benzene rings is 2. The van der Waals surface area contributed by atoms with Gasteiger partial charge in [-0.15, -0.1) is 0 Å². The Morgan fingerprint density at radius 3 is 2.38 bits per heavy atom. The minimum Gasteiger partial charge on any atom is -0.508 e. The molecule has 2 aromatic rings. The Balaban J connectivity index is 2.27. The monoisotopic (exact) mass is 290 g/mol. The molecule has 0 atom stereocenters. The molecule has 1 amide bonds. The number of nitro benzene ring substituents is 1. The number of carbonyl (C=O) groups excluding carboxylic acids is 1. The van der Waals surface area contributed by atoms with E-state index in [2.05, 4.69) is 5.32 Å². The summed E-state index contributed by atoms with van der Waals surface area (Å²) in [6.45, 7) is 0. The van der Waals surface area contributed by atoms with E-state index >= 15 is 0 Å². The maximum Gasteiger partial charge on any atom is 0.273 e. The summed E-state index contributed by atoms with van der Waals surface area (Å²) in [7, 11) is 0. The summed E-state index contributed by atoms with van der Waals surface area (Å²) in [6, 6.07) is 6.54. The number of amides is 1. The molecule has 0 saturated heterocycles. The number of phenolic OH excluding ortho intramolecular Hbond substituents is 3. The number of non-ortho nitro benzene ring substituents is 1. The molecule has 108 valence electrons. The van der Waals surface area contributed by atoms with Crippen LogP contribution < -0.4 is 5.32 Å². The predicted molar refractivity (Wildman–Crippen MR) is 72.5 cm³/mol. The van der Waals surface area contributed by atoms with Crippen molar-refractivity contribution in [1.29, 1.82) is 0 Å². The SMILES string of the molecule is O=C(Nc1ccc([N+](=O)[O-])cc1O)c1cc(O)ccc1O. The van der Waals surface area contributed by atoms with Crippen LogP contribution in [0, 0.1) is 10.1 Å². The molecule has 0 fully saturated rings. The second-order valence-electron chi connectivity index (χ2n) is 4.11. The highest BCUT2D eigenvalue weighted by atomic mass is 16.6. The topological polar surface area (TPSA) is 133 Å². The standard InChI is InChI=1S/C13H10N2O6/c16-8-2-4-11(17)9(6-8)13(19)14-10-3-1-7(15(20)21)5-12(10)18/h1-6,16-18H,(H,14,19). The third-order valence-corrected chi connectivity index (χ3v) is 2.67. The Kier molecular flexibility index (Phi) is 3.61. The summed E-state index contributed by atoms with van der Waals surface area (Å²) >= 11 is 0. The molecule has 0 saturated carbocycles. The van der Waals surface area contributed by atoms with Crippen molar-refractivity contribution >= 4 is 17.3 Å². The van der Waals surface area contributed by atoms with Crippen LogP contribution in [0.4, 0.5) is 11.4 Å². The lowest BCUT2D eigenvalue weighted by Gasteiger charge is -2.08. The second kappa shape index (κ2) is 5.37. The van der Waals surface area contributed by atoms with Gasteiger partial charge in [0.05, 0.1) is 22.2 Å². The van der Waals surface area contributed by atoms with Gasteiger partial charge in [0.2, 0.25) is 0 Å². The Hall–Kier alpha value is -3.29. The fraction of sp³-hybridized carbons (Fsp3) is 0. The van der Waals surface area contributed by atoms with Gasteiger partial charge in [-0.3, -0.25) is 14.9 Å². The first-order valence-electron chi connectivity index (χ1n) is 5.69. The highest BCUT2D eigenvalue weighted by molar-refractivity contribution is 6.07. The third-order valence-electron chi connectivity index (χ3n) is 2.67. The summed E-state index contributed by atoms with van der Waals surface area (Å²) in [4.78, 5) is 21.8. The maximum absolute atomic E-state index is 11.9. The van der Waals surface area contributed by atoms with Crippen molar-refractivity contribution in [3.63, 3.8) is 0 Å². The van der Waals surface area contributed by atoms with E-state index in [1.807, 2.05) is 0 Å². The number of nitrogens with one attached hydrogen (secondary N) is 1. The van der Waals surface area contributed by atoms with Crippen molar-refractivity contribution in [2.24, 2.45) is 0 Å². The van der Waals surface area contributed by atoms with Crippen LogP contribution in [0.5, 0.6) is 17.2 Å². The zero-order valence-corrected chi connectivity index (χ0v) is 10.5. The number of rotatable bonds is 3. The van der Waals surface area contributed by atoms with Gasteiger partial charge in [0.15, 0.2) is 0 Å². The van der Waals surface area contributed by atoms with Crippen LogP contribution in [0.1, 0.15) is 10.4 Å². The van der Waals surface area contributed by atoms with Gasteiger partial charge in [-0.2, -0.15) is 0 Å². The Labute approximate surface area is 118 Å². The first-order valence-corrected chi connectivity index (χ1v) is 5.69. The summed E-state index contributed by atoms with van der Waals surface area (Å²) in [5, 5.41) is 41.3. The number of phenols is 3. The molecule has 2 rings (SSSR count). The number of hydrogen-bond donors (Lipinski definition) is 4. The number of anilines is 1. The molecule has 0 bridgehead atoms. The second-order valence-corrected chi connectivity index (χ2v) is 4.11. The summed E-state index contributed by atoms with van der Waals surface area (Å²) in [5.74, 6) is -1.85. The van der Waals surface area contributed by atoms with Gasteiger partial charge in [0.1, 0.15) is 17.2 Å². The molecule has 8 nitrogen and oxygen atoms in total. The van der Waals surface area contributed by atoms with Crippen molar-refractivity contribution in [3.05, 3.63) is 52.1 Å². The van der Waals surface area contributed by atoms with E-state index in [0.717, 1.165) is 30.3 Å². The van der Waals surface area contributed by atoms with Crippen LogP contribution in [0.2, 0.25) is 0 Å². The highest BCUT2D eigenvalue weighted by Gasteiger charge is 2.16. The van der Waals surface area contributed by atoms with Crippen molar-refractivity contribution < 1.29 is 25.0 Å². The number of nitrogens with zero attached hydrogens (tertiary/aromatic N) is 1.